The second kappa shape index (κ2) is 6.55. The van der Waals surface area contributed by atoms with Crippen molar-refractivity contribution in [1.29, 1.82) is 0 Å². The quantitative estimate of drug-likeness (QED) is 0.484. The number of non-ortho nitro benzene ring substituents is 1. The number of carbonyl (C=O) groups is 2. The third-order valence-electron chi connectivity index (χ3n) is 2.98. The Balaban J connectivity index is 2.90. The number of carbonyl (C=O) groups excluding carboxylic acids is 2. The number of benzene rings is 1. The normalized spacial score (nSPS) is 12.4. The number of likely N-dealkylation sites (N-methyl/N-ethyl adjacent to an activating group) is 1. The second-order valence-corrected chi connectivity index (χ2v) is 5.94. The minimum atomic E-state index is -0.795. The average molecular weight is 308 g/mol. The number of Topliss-reactive ketones (excluding diaryl/α,β-unsaturated/α-hetero) is 1. The number of nitrogens with zero attached hydrogens (tertiary/aromatic N) is 2. The molecule has 0 spiro atoms. The van der Waals surface area contributed by atoms with Gasteiger partial charge < -0.3 is 9.64 Å². The molecule has 22 heavy (non-hydrogen) atoms. The SMILES string of the molecule is CC(C(=O)c1cccc([N+](=O)[O-])c1)N(C)C(=O)OC(C)(C)C. The first-order valence-electron chi connectivity index (χ1n) is 6.77. The summed E-state index contributed by atoms with van der Waals surface area (Å²) in [6, 6.07) is 4.62. The van der Waals surface area contributed by atoms with Gasteiger partial charge in [-0.3, -0.25) is 14.9 Å². The minimum Gasteiger partial charge on any atom is -0.444 e. The van der Waals surface area contributed by atoms with Crippen LogP contribution in [0.25, 0.3) is 0 Å². The Morgan fingerprint density at radius 3 is 2.41 bits per heavy atom. The fraction of sp³-hybridized carbons (Fsp3) is 0.467. The van der Waals surface area contributed by atoms with E-state index in [1.807, 2.05) is 0 Å². The summed E-state index contributed by atoms with van der Waals surface area (Å²) in [6.07, 6.45) is -0.626. The molecule has 7 heteroatoms. The van der Waals surface area contributed by atoms with Crippen LogP contribution in [0.5, 0.6) is 0 Å². The Kier molecular flexibility index (Phi) is 5.24. The molecule has 0 fully saturated rings. The van der Waals surface area contributed by atoms with E-state index in [0.717, 1.165) is 0 Å². The highest BCUT2D eigenvalue weighted by molar-refractivity contribution is 6.01. The van der Waals surface area contributed by atoms with E-state index in [4.69, 9.17) is 4.74 Å². The first-order valence-corrected chi connectivity index (χ1v) is 6.77. The van der Waals surface area contributed by atoms with Gasteiger partial charge in [-0.25, -0.2) is 4.79 Å². The molecular weight excluding hydrogens is 288 g/mol. The molecule has 0 N–H and O–H groups in total. The second-order valence-electron chi connectivity index (χ2n) is 5.94. The van der Waals surface area contributed by atoms with Crippen molar-refractivity contribution in [3.05, 3.63) is 39.9 Å². The van der Waals surface area contributed by atoms with Crippen molar-refractivity contribution in [3.63, 3.8) is 0 Å². The van der Waals surface area contributed by atoms with E-state index in [9.17, 15) is 19.7 Å². The van der Waals surface area contributed by atoms with Gasteiger partial charge in [0.2, 0.25) is 0 Å². The Labute approximate surface area is 129 Å². The number of rotatable bonds is 4. The van der Waals surface area contributed by atoms with Crippen LogP contribution in [0.4, 0.5) is 10.5 Å². The van der Waals surface area contributed by atoms with Crippen LogP contribution in [-0.4, -0.2) is 40.4 Å². The third-order valence-corrected chi connectivity index (χ3v) is 2.98. The molecule has 0 aliphatic rings. The molecule has 0 heterocycles. The van der Waals surface area contributed by atoms with Gasteiger partial charge in [0, 0.05) is 24.7 Å². The zero-order chi connectivity index (χ0) is 17.1. The van der Waals surface area contributed by atoms with E-state index >= 15 is 0 Å². The summed E-state index contributed by atoms with van der Waals surface area (Å²) in [6.45, 7) is 6.73. The van der Waals surface area contributed by atoms with Crippen molar-refractivity contribution in [2.45, 2.75) is 39.3 Å². The number of nitro benzene ring substituents is 1. The van der Waals surface area contributed by atoms with Gasteiger partial charge in [-0.2, -0.15) is 0 Å². The smallest absolute Gasteiger partial charge is 0.410 e. The zero-order valence-electron chi connectivity index (χ0n) is 13.3. The molecular formula is C15H20N2O5. The van der Waals surface area contributed by atoms with E-state index < -0.39 is 28.4 Å². The van der Waals surface area contributed by atoms with E-state index in [2.05, 4.69) is 0 Å². The maximum Gasteiger partial charge on any atom is 0.410 e. The average Bonchev–Trinajstić information content (AvgIpc) is 2.43. The maximum absolute atomic E-state index is 12.4. The third kappa shape index (κ3) is 4.54. The summed E-state index contributed by atoms with van der Waals surface area (Å²) in [7, 11) is 1.45. The highest BCUT2D eigenvalue weighted by Gasteiger charge is 2.28. The predicted octanol–water partition coefficient (Wildman–Crippen LogP) is 3.03. The Morgan fingerprint density at radius 2 is 1.91 bits per heavy atom. The summed E-state index contributed by atoms with van der Waals surface area (Å²) < 4.78 is 5.20. The Morgan fingerprint density at radius 1 is 1.32 bits per heavy atom. The molecule has 120 valence electrons. The van der Waals surface area contributed by atoms with Gasteiger partial charge in [0.15, 0.2) is 5.78 Å². The van der Waals surface area contributed by atoms with Crippen LogP contribution in [0, 0.1) is 10.1 Å². The first kappa shape index (κ1) is 17.6. The van der Waals surface area contributed by atoms with Crippen molar-refractivity contribution in [1.82, 2.24) is 4.90 Å². The molecule has 0 saturated heterocycles. The number of ketones is 1. The summed E-state index contributed by atoms with van der Waals surface area (Å²) in [5.74, 6) is -0.392. The summed E-state index contributed by atoms with van der Waals surface area (Å²) >= 11 is 0. The van der Waals surface area contributed by atoms with Crippen LogP contribution >= 0.6 is 0 Å². The molecule has 1 aromatic rings. The molecule has 0 saturated carbocycles. The van der Waals surface area contributed by atoms with Crippen molar-refractivity contribution in [3.8, 4) is 0 Å². The van der Waals surface area contributed by atoms with Crippen molar-refractivity contribution < 1.29 is 19.2 Å². The molecule has 1 amide bonds. The molecule has 0 bridgehead atoms. The number of hydrogen-bond donors (Lipinski definition) is 0. The first-order chi connectivity index (χ1) is 10.0. The van der Waals surface area contributed by atoms with Crippen LogP contribution in [-0.2, 0) is 4.74 Å². The molecule has 1 rings (SSSR count). The lowest BCUT2D eigenvalue weighted by Crippen LogP contribution is -2.43. The van der Waals surface area contributed by atoms with Crippen LogP contribution in [0.1, 0.15) is 38.1 Å². The number of amides is 1. The van der Waals surface area contributed by atoms with Gasteiger partial charge >= 0.3 is 6.09 Å². The number of hydrogen-bond acceptors (Lipinski definition) is 5. The van der Waals surface area contributed by atoms with Gasteiger partial charge in [0.25, 0.3) is 5.69 Å². The molecule has 0 aliphatic heterocycles. The maximum atomic E-state index is 12.4. The summed E-state index contributed by atoms with van der Waals surface area (Å²) in [5, 5.41) is 10.8. The summed E-state index contributed by atoms with van der Waals surface area (Å²) in [4.78, 5) is 35.7. The molecule has 1 aromatic carbocycles. The van der Waals surface area contributed by atoms with Crippen LogP contribution in [0.15, 0.2) is 24.3 Å². The molecule has 1 unspecified atom stereocenters. The van der Waals surface area contributed by atoms with Gasteiger partial charge in [0.1, 0.15) is 5.60 Å². The van der Waals surface area contributed by atoms with E-state index in [0.29, 0.717) is 0 Å². The van der Waals surface area contributed by atoms with Crippen LogP contribution in [0.3, 0.4) is 0 Å². The number of nitro groups is 1. The molecule has 1 atom stereocenters. The Bertz CT molecular complexity index is 592. The van der Waals surface area contributed by atoms with Crippen LogP contribution in [0.2, 0.25) is 0 Å². The Hall–Kier alpha value is -2.44. The largest absolute Gasteiger partial charge is 0.444 e. The van der Waals surface area contributed by atoms with Crippen molar-refractivity contribution in [2.75, 3.05) is 7.05 Å². The summed E-state index contributed by atoms with van der Waals surface area (Å²) in [5.41, 5.74) is -0.658. The fourth-order valence-electron chi connectivity index (χ4n) is 1.68. The highest BCUT2D eigenvalue weighted by atomic mass is 16.6. The molecule has 0 aromatic heterocycles. The van der Waals surface area contributed by atoms with E-state index in [1.165, 1.54) is 36.2 Å². The fourth-order valence-corrected chi connectivity index (χ4v) is 1.68. The zero-order valence-corrected chi connectivity index (χ0v) is 13.3. The molecule has 7 nitrogen and oxygen atoms in total. The van der Waals surface area contributed by atoms with Gasteiger partial charge in [0.05, 0.1) is 11.0 Å². The van der Waals surface area contributed by atoms with E-state index in [-0.39, 0.29) is 11.3 Å². The van der Waals surface area contributed by atoms with Crippen LogP contribution < -0.4 is 0 Å². The predicted molar refractivity (Wildman–Crippen MR) is 80.9 cm³/mol. The lowest BCUT2D eigenvalue weighted by Gasteiger charge is -2.28. The van der Waals surface area contributed by atoms with Gasteiger partial charge in [-0.15, -0.1) is 0 Å². The topological polar surface area (TPSA) is 89.8 Å². The lowest BCUT2D eigenvalue weighted by molar-refractivity contribution is -0.384. The highest BCUT2D eigenvalue weighted by Crippen LogP contribution is 2.17. The van der Waals surface area contributed by atoms with Crippen molar-refractivity contribution >= 4 is 17.6 Å². The molecule has 0 aliphatic carbocycles. The van der Waals surface area contributed by atoms with Gasteiger partial charge in [-0.1, -0.05) is 12.1 Å². The monoisotopic (exact) mass is 308 g/mol. The van der Waals surface area contributed by atoms with Gasteiger partial charge in [-0.05, 0) is 27.7 Å². The van der Waals surface area contributed by atoms with E-state index in [1.54, 1.807) is 27.7 Å². The minimum absolute atomic E-state index is 0.169. The molecule has 0 radical (unpaired) electrons. The standard InChI is InChI=1S/C15H20N2O5/c1-10(16(5)14(19)22-15(2,3)4)13(18)11-7-6-8-12(9-11)17(20)21/h6-10H,1-5H3. The van der Waals surface area contributed by atoms with Crippen molar-refractivity contribution in [2.24, 2.45) is 0 Å². The number of ether oxygens (including phenoxy) is 1. The lowest BCUT2D eigenvalue weighted by atomic mass is 10.0.